The van der Waals surface area contributed by atoms with Gasteiger partial charge in [-0.2, -0.15) is 0 Å². The largest absolute Gasteiger partial charge is 0.492 e. The molecule has 0 spiro atoms. The lowest BCUT2D eigenvalue weighted by atomic mass is 9.93. The number of aliphatic hydroxyl groups is 1. The molecular weight excluding hydrogens is 322 g/mol. The van der Waals surface area contributed by atoms with E-state index >= 15 is 0 Å². The molecule has 2 aromatic carbocycles. The lowest BCUT2D eigenvalue weighted by Crippen LogP contribution is -2.02. The van der Waals surface area contributed by atoms with Crippen LogP contribution in [0.15, 0.2) is 24.3 Å². The maximum atomic E-state index is 14.3. The molecule has 122 valence electrons. The molecule has 0 bridgehead atoms. The zero-order valence-corrected chi connectivity index (χ0v) is 13.5. The summed E-state index contributed by atoms with van der Waals surface area (Å²) in [4.78, 5) is 0. The predicted octanol–water partition coefficient (Wildman–Crippen LogP) is 5.05. The van der Waals surface area contributed by atoms with E-state index in [0.29, 0.717) is 23.5 Å². The van der Waals surface area contributed by atoms with Gasteiger partial charge in [-0.1, -0.05) is 11.6 Å². The number of hydrogen-bond donors (Lipinski definition) is 1. The van der Waals surface area contributed by atoms with Crippen molar-refractivity contribution in [1.82, 2.24) is 0 Å². The summed E-state index contributed by atoms with van der Waals surface area (Å²) in [5.74, 6) is -0.645. The Hall–Kier alpha value is -1.65. The van der Waals surface area contributed by atoms with Crippen LogP contribution in [0.1, 0.15) is 36.8 Å². The van der Waals surface area contributed by atoms with E-state index in [9.17, 15) is 13.9 Å². The van der Waals surface area contributed by atoms with Crippen molar-refractivity contribution in [2.24, 2.45) is 0 Å². The average molecular weight is 339 g/mol. The van der Waals surface area contributed by atoms with Crippen molar-refractivity contribution in [2.75, 3.05) is 6.61 Å². The smallest absolute Gasteiger partial charge is 0.144 e. The average Bonchev–Trinajstić information content (AvgIpc) is 3.35. The second-order valence-electron chi connectivity index (χ2n) is 5.63. The number of benzene rings is 2. The molecule has 23 heavy (non-hydrogen) atoms. The van der Waals surface area contributed by atoms with E-state index in [-0.39, 0.29) is 23.1 Å². The third-order valence-electron chi connectivity index (χ3n) is 4.01. The van der Waals surface area contributed by atoms with E-state index in [0.717, 1.165) is 24.5 Å². The summed E-state index contributed by atoms with van der Waals surface area (Å²) in [6, 6.07) is 5.28. The van der Waals surface area contributed by atoms with Gasteiger partial charge in [-0.05, 0) is 49.4 Å². The number of aliphatic hydroxyl groups excluding tert-OH is 1. The SMILES string of the molecule is CCOc1c(CO)cc(C2CC2)c(-c2ccc(F)cc2F)c1Cl. The van der Waals surface area contributed by atoms with Gasteiger partial charge in [-0.3, -0.25) is 0 Å². The molecule has 2 nitrogen and oxygen atoms in total. The van der Waals surface area contributed by atoms with Crippen molar-refractivity contribution in [2.45, 2.75) is 32.3 Å². The molecule has 0 unspecified atom stereocenters. The van der Waals surface area contributed by atoms with E-state index < -0.39 is 11.6 Å². The standard InChI is InChI=1S/C18H17ClF2O2/c1-2-23-18-11(9-22)7-14(10-3-4-10)16(17(18)19)13-6-5-12(20)8-15(13)21/h5-8,10,22H,2-4,9H2,1H3. The maximum absolute atomic E-state index is 14.3. The Bertz CT molecular complexity index is 742. The molecular formula is C18H17ClF2O2. The molecule has 2 aromatic rings. The number of rotatable bonds is 5. The van der Waals surface area contributed by atoms with Crippen LogP contribution in [0.5, 0.6) is 5.75 Å². The Morgan fingerprint density at radius 3 is 2.57 bits per heavy atom. The van der Waals surface area contributed by atoms with Crippen LogP contribution in [-0.2, 0) is 6.61 Å². The van der Waals surface area contributed by atoms with Crippen molar-refractivity contribution in [3.63, 3.8) is 0 Å². The first-order chi connectivity index (χ1) is 11.1. The summed E-state index contributed by atoms with van der Waals surface area (Å²) in [6.45, 7) is 1.98. The van der Waals surface area contributed by atoms with Crippen molar-refractivity contribution in [1.29, 1.82) is 0 Å². The van der Waals surface area contributed by atoms with Gasteiger partial charge in [0.2, 0.25) is 0 Å². The zero-order chi connectivity index (χ0) is 16.6. The highest BCUT2D eigenvalue weighted by Crippen LogP contribution is 2.50. The highest BCUT2D eigenvalue weighted by Gasteiger charge is 2.31. The van der Waals surface area contributed by atoms with Crippen LogP contribution < -0.4 is 4.74 Å². The molecule has 0 heterocycles. The highest BCUT2D eigenvalue weighted by molar-refractivity contribution is 6.35. The molecule has 0 atom stereocenters. The van der Waals surface area contributed by atoms with Crippen LogP contribution >= 0.6 is 11.6 Å². The van der Waals surface area contributed by atoms with Gasteiger partial charge in [0.25, 0.3) is 0 Å². The lowest BCUT2D eigenvalue weighted by Gasteiger charge is -2.19. The molecule has 0 saturated heterocycles. The minimum absolute atomic E-state index is 0.207. The first-order valence-electron chi connectivity index (χ1n) is 7.61. The molecule has 0 aromatic heterocycles. The lowest BCUT2D eigenvalue weighted by molar-refractivity contribution is 0.267. The Balaban J connectivity index is 2.26. The van der Waals surface area contributed by atoms with E-state index in [1.165, 1.54) is 12.1 Å². The van der Waals surface area contributed by atoms with Gasteiger partial charge in [-0.15, -0.1) is 0 Å². The fraction of sp³-hybridized carbons (Fsp3) is 0.333. The zero-order valence-electron chi connectivity index (χ0n) is 12.7. The van der Waals surface area contributed by atoms with Gasteiger partial charge in [-0.25, -0.2) is 8.78 Å². The van der Waals surface area contributed by atoms with Gasteiger partial charge >= 0.3 is 0 Å². The molecule has 1 fully saturated rings. The summed E-state index contributed by atoms with van der Waals surface area (Å²) in [6.07, 6.45) is 1.98. The Morgan fingerprint density at radius 1 is 1.26 bits per heavy atom. The van der Waals surface area contributed by atoms with E-state index in [1.54, 1.807) is 0 Å². The highest BCUT2D eigenvalue weighted by atomic mass is 35.5. The first kappa shape index (κ1) is 16.2. The summed E-state index contributed by atoms with van der Waals surface area (Å²) < 4.78 is 33.1. The van der Waals surface area contributed by atoms with Gasteiger partial charge in [0.1, 0.15) is 17.4 Å². The van der Waals surface area contributed by atoms with Crippen molar-refractivity contribution < 1.29 is 18.6 Å². The molecule has 5 heteroatoms. The third kappa shape index (κ3) is 3.06. The number of hydrogen-bond acceptors (Lipinski definition) is 2. The molecule has 0 amide bonds. The molecule has 1 N–H and O–H groups in total. The van der Waals surface area contributed by atoms with Crippen LogP contribution in [0.3, 0.4) is 0 Å². The monoisotopic (exact) mass is 338 g/mol. The van der Waals surface area contributed by atoms with E-state index in [4.69, 9.17) is 16.3 Å². The van der Waals surface area contributed by atoms with Gasteiger partial charge in [0.05, 0.1) is 18.2 Å². The predicted molar refractivity (Wildman–Crippen MR) is 85.9 cm³/mol. The maximum Gasteiger partial charge on any atom is 0.144 e. The van der Waals surface area contributed by atoms with Crippen LogP contribution in [0.2, 0.25) is 5.02 Å². The van der Waals surface area contributed by atoms with Crippen LogP contribution in [0.25, 0.3) is 11.1 Å². The quantitative estimate of drug-likeness (QED) is 0.826. The van der Waals surface area contributed by atoms with Crippen LogP contribution in [0.4, 0.5) is 8.78 Å². The van der Waals surface area contributed by atoms with Crippen LogP contribution in [0, 0.1) is 11.6 Å². The van der Waals surface area contributed by atoms with Crippen LogP contribution in [-0.4, -0.2) is 11.7 Å². The van der Waals surface area contributed by atoms with Gasteiger partial charge < -0.3 is 9.84 Å². The van der Waals surface area contributed by atoms with E-state index in [2.05, 4.69) is 0 Å². The minimum Gasteiger partial charge on any atom is -0.492 e. The normalized spacial score (nSPS) is 14.1. The van der Waals surface area contributed by atoms with Gasteiger partial charge in [0.15, 0.2) is 0 Å². The van der Waals surface area contributed by atoms with Crippen molar-refractivity contribution in [3.05, 3.63) is 52.0 Å². The topological polar surface area (TPSA) is 29.5 Å². The van der Waals surface area contributed by atoms with Gasteiger partial charge in [0, 0.05) is 22.8 Å². The van der Waals surface area contributed by atoms with Crippen molar-refractivity contribution >= 4 is 11.6 Å². The Morgan fingerprint density at radius 2 is 2.00 bits per heavy atom. The Labute approximate surface area is 138 Å². The number of ether oxygens (including phenoxy) is 1. The number of halogens is 3. The van der Waals surface area contributed by atoms with Crippen molar-refractivity contribution in [3.8, 4) is 16.9 Å². The summed E-state index contributed by atoms with van der Waals surface area (Å²) in [5.41, 5.74) is 2.26. The molecule has 1 aliphatic rings. The Kier molecular flexibility index (Phi) is 4.55. The second-order valence-corrected chi connectivity index (χ2v) is 6.01. The molecule has 3 rings (SSSR count). The molecule has 0 aliphatic heterocycles. The fourth-order valence-corrected chi connectivity index (χ4v) is 3.19. The minimum atomic E-state index is -0.659. The third-order valence-corrected chi connectivity index (χ3v) is 4.37. The fourth-order valence-electron chi connectivity index (χ4n) is 2.81. The van der Waals surface area contributed by atoms with E-state index in [1.807, 2.05) is 13.0 Å². The summed E-state index contributed by atoms with van der Waals surface area (Å²) in [7, 11) is 0. The molecule has 1 saturated carbocycles. The summed E-state index contributed by atoms with van der Waals surface area (Å²) >= 11 is 6.50. The summed E-state index contributed by atoms with van der Waals surface area (Å²) in [5, 5.41) is 9.86. The molecule has 1 aliphatic carbocycles. The first-order valence-corrected chi connectivity index (χ1v) is 7.99. The molecule has 0 radical (unpaired) electrons. The second kappa shape index (κ2) is 6.46.